The molecule has 1 unspecified atom stereocenters. The van der Waals surface area contributed by atoms with Gasteiger partial charge in [-0.25, -0.2) is 9.79 Å². The Morgan fingerprint density at radius 3 is 2.65 bits per heavy atom. The molecule has 0 spiro atoms. The lowest BCUT2D eigenvalue weighted by Crippen LogP contribution is -2.46. The number of carbonyl (C=O) groups is 2. The second-order valence-electron chi connectivity index (χ2n) is 6.39. The molecule has 0 aromatic heterocycles. The molecule has 2 aliphatic heterocycles. The summed E-state index contributed by atoms with van der Waals surface area (Å²) in [6.45, 7) is 5.44. The maximum Gasteiger partial charge on any atom is 0.338 e. The van der Waals surface area contributed by atoms with Crippen molar-refractivity contribution in [2.24, 2.45) is 4.99 Å². The first kappa shape index (κ1) is 19.0. The van der Waals surface area contributed by atoms with E-state index < -0.39 is 12.0 Å². The van der Waals surface area contributed by atoms with E-state index in [1.807, 2.05) is 51.3 Å². The maximum atomic E-state index is 12.8. The summed E-state index contributed by atoms with van der Waals surface area (Å²) in [5, 5.41) is 0.666. The van der Waals surface area contributed by atoms with Crippen molar-refractivity contribution in [3.8, 4) is 0 Å². The predicted octanol–water partition coefficient (Wildman–Crippen LogP) is 4.01. The molecule has 3 rings (SSSR count). The summed E-state index contributed by atoms with van der Waals surface area (Å²) >= 11 is 3.20. The number of fused-ring (bicyclic) bond motifs is 1. The van der Waals surface area contributed by atoms with Gasteiger partial charge in [0.25, 0.3) is 0 Å². The number of carbonyl (C=O) groups excluding carboxylic acids is 2. The van der Waals surface area contributed by atoms with Gasteiger partial charge < -0.3 is 4.74 Å². The quantitative estimate of drug-likeness (QED) is 0.574. The van der Waals surface area contributed by atoms with Crippen LogP contribution in [0.1, 0.15) is 38.8 Å². The zero-order chi connectivity index (χ0) is 18.8. The molecule has 1 aromatic carbocycles. The van der Waals surface area contributed by atoms with E-state index in [9.17, 15) is 9.59 Å². The Hall–Kier alpha value is -1.73. The number of aliphatic imine (C=N–C) groups is 1. The van der Waals surface area contributed by atoms with Crippen molar-refractivity contribution in [1.29, 1.82) is 0 Å². The standard InChI is InChI=1S/C19H22N2O3S2/c1-11(2)24-18(23)16-12(3)20-19-21(15(22)9-10-26-19)17(16)13-5-7-14(25-4)8-6-13/h5-8,11,17H,9-10H2,1-4H3. The van der Waals surface area contributed by atoms with E-state index in [2.05, 4.69) is 4.99 Å². The number of rotatable bonds is 4. The van der Waals surface area contributed by atoms with Crippen LogP contribution >= 0.6 is 23.5 Å². The van der Waals surface area contributed by atoms with Crippen LogP contribution in [0.4, 0.5) is 0 Å². The van der Waals surface area contributed by atoms with Crippen LogP contribution in [0.3, 0.4) is 0 Å². The van der Waals surface area contributed by atoms with Gasteiger partial charge in [0, 0.05) is 17.1 Å². The third-order valence-corrected chi connectivity index (χ3v) is 5.90. The summed E-state index contributed by atoms with van der Waals surface area (Å²) in [5.41, 5.74) is 1.94. The molecule has 1 atom stereocenters. The van der Waals surface area contributed by atoms with Crippen LogP contribution in [0, 0.1) is 0 Å². The number of amidine groups is 1. The van der Waals surface area contributed by atoms with Crippen LogP contribution in [0.25, 0.3) is 0 Å². The number of thioether (sulfide) groups is 2. The van der Waals surface area contributed by atoms with Gasteiger partial charge in [-0.1, -0.05) is 23.9 Å². The smallest absolute Gasteiger partial charge is 0.338 e. The summed E-state index contributed by atoms with van der Waals surface area (Å²) in [6, 6.07) is 7.47. The number of ether oxygens (including phenoxy) is 1. The Morgan fingerprint density at radius 1 is 1.35 bits per heavy atom. The Balaban J connectivity index is 2.11. The zero-order valence-electron chi connectivity index (χ0n) is 15.3. The number of nitrogens with zero attached hydrogens (tertiary/aromatic N) is 2. The molecule has 0 radical (unpaired) electrons. The van der Waals surface area contributed by atoms with Gasteiger partial charge in [-0.15, -0.1) is 11.8 Å². The first-order chi connectivity index (χ1) is 12.4. The molecule has 7 heteroatoms. The highest BCUT2D eigenvalue weighted by molar-refractivity contribution is 8.14. The molecule has 26 heavy (non-hydrogen) atoms. The van der Waals surface area contributed by atoms with Crippen LogP contribution in [-0.2, 0) is 14.3 Å². The van der Waals surface area contributed by atoms with E-state index in [4.69, 9.17) is 4.74 Å². The summed E-state index contributed by atoms with van der Waals surface area (Å²) in [4.78, 5) is 32.8. The lowest BCUT2D eigenvalue weighted by atomic mass is 9.94. The summed E-state index contributed by atoms with van der Waals surface area (Å²) in [7, 11) is 0. The van der Waals surface area contributed by atoms with Gasteiger partial charge in [-0.05, 0) is 44.7 Å². The molecule has 1 fully saturated rings. The second kappa shape index (κ2) is 7.88. The summed E-state index contributed by atoms with van der Waals surface area (Å²) in [6.07, 6.45) is 2.22. The number of esters is 1. The van der Waals surface area contributed by atoms with Gasteiger partial charge in [-0.3, -0.25) is 9.69 Å². The van der Waals surface area contributed by atoms with Gasteiger partial charge in [-0.2, -0.15) is 0 Å². The van der Waals surface area contributed by atoms with Gasteiger partial charge in [0.2, 0.25) is 5.91 Å². The molecule has 1 saturated heterocycles. The molecule has 0 saturated carbocycles. The Kier molecular flexibility index (Phi) is 5.77. The van der Waals surface area contributed by atoms with Crippen molar-refractivity contribution in [1.82, 2.24) is 4.90 Å². The summed E-state index contributed by atoms with van der Waals surface area (Å²) in [5.74, 6) is 0.289. The SMILES string of the molecule is CSc1ccc(C2C(C(=O)OC(C)C)=C(C)N=C3SCCC(=O)N32)cc1. The monoisotopic (exact) mass is 390 g/mol. The molecule has 1 amide bonds. The Bertz CT molecular complexity index is 784. The molecule has 5 nitrogen and oxygen atoms in total. The average molecular weight is 391 g/mol. The number of allylic oxidation sites excluding steroid dienone is 1. The van der Waals surface area contributed by atoms with Crippen LogP contribution in [-0.4, -0.2) is 40.1 Å². The highest BCUT2D eigenvalue weighted by Crippen LogP contribution is 2.40. The molecule has 1 aromatic rings. The lowest BCUT2D eigenvalue weighted by molar-refractivity contribution is -0.143. The number of hydrogen-bond acceptors (Lipinski definition) is 6. The number of amides is 1. The van der Waals surface area contributed by atoms with Crippen molar-refractivity contribution >= 4 is 40.6 Å². The van der Waals surface area contributed by atoms with Crippen LogP contribution in [0.15, 0.2) is 45.4 Å². The van der Waals surface area contributed by atoms with Crippen LogP contribution in [0.2, 0.25) is 0 Å². The van der Waals surface area contributed by atoms with E-state index >= 15 is 0 Å². The Morgan fingerprint density at radius 2 is 2.04 bits per heavy atom. The number of benzene rings is 1. The molecule has 2 aliphatic rings. The minimum atomic E-state index is -0.495. The van der Waals surface area contributed by atoms with Crippen molar-refractivity contribution in [2.45, 2.75) is 44.2 Å². The molecule has 138 valence electrons. The lowest BCUT2D eigenvalue weighted by Gasteiger charge is -2.39. The fourth-order valence-electron chi connectivity index (χ4n) is 3.04. The van der Waals surface area contributed by atoms with Gasteiger partial charge in [0.15, 0.2) is 5.17 Å². The zero-order valence-corrected chi connectivity index (χ0v) is 16.9. The molecule has 0 bridgehead atoms. The highest BCUT2D eigenvalue weighted by atomic mass is 32.2. The first-order valence-corrected chi connectivity index (χ1v) is 10.7. The maximum absolute atomic E-state index is 12.8. The third kappa shape index (κ3) is 3.69. The van der Waals surface area contributed by atoms with Gasteiger partial charge >= 0.3 is 5.97 Å². The highest BCUT2D eigenvalue weighted by Gasteiger charge is 2.41. The topological polar surface area (TPSA) is 59.0 Å². The van der Waals surface area contributed by atoms with E-state index in [0.717, 1.165) is 10.5 Å². The van der Waals surface area contributed by atoms with Crippen LogP contribution in [0.5, 0.6) is 0 Å². The Labute approximate surface area is 162 Å². The molecular weight excluding hydrogens is 368 g/mol. The average Bonchev–Trinajstić information content (AvgIpc) is 2.60. The fraction of sp³-hybridized carbons (Fsp3) is 0.421. The van der Waals surface area contributed by atoms with Crippen molar-refractivity contribution < 1.29 is 14.3 Å². The van der Waals surface area contributed by atoms with E-state index in [1.165, 1.54) is 0 Å². The third-order valence-electron chi connectivity index (χ3n) is 4.20. The van der Waals surface area contributed by atoms with Crippen molar-refractivity contribution in [3.05, 3.63) is 41.1 Å². The predicted molar refractivity (Wildman–Crippen MR) is 106 cm³/mol. The number of hydrogen-bond donors (Lipinski definition) is 0. The normalized spacial score (nSPS) is 20.2. The largest absolute Gasteiger partial charge is 0.459 e. The summed E-state index contributed by atoms with van der Waals surface area (Å²) < 4.78 is 5.46. The van der Waals surface area contributed by atoms with E-state index in [0.29, 0.717) is 28.6 Å². The minimum absolute atomic E-state index is 0.0104. The molecular formula is C19H22N2O3S2. The van der Waals surface area contributed by atoms with Crippen molar-refractivity contribution in [3.63, 3.8) is 0 Å². The van der Waals surface area contributed by atoms with Crippen molar-refractivity contribution in [2.75, 3.05) is 12.0 Å². The minimum Gasteiger partial charge on any atom is -0.459 e. The first-order valence-electron chi connectivity index (χ1n) is 8.51. The molecule has 0 N–H and O–H groups in total. The van der Waals surface area contributed by atoms with Gasteiger partial charge in [0.1, 0.15) is 0 Å². The van der Waals surface area contributed by atoms with Gasteiger partial charge in [0.05, 0.1) is 23.4 Å². The molecule has 2 heterocycles. The second-order valence-corrected chi connectivity index (χ2v) is 8.33. The fourth-order valence-corrected chi connectivity index (χ4v) is 4.45. The van der Waals surface area contributed by atoms with E-state index in [1.54, 1.807) is 28.4 Å². The van der Waals surface area contributed by atoms with Crippen LogP contribution < -0.4 is 0 Å². The molecule has 0 aliphatic carbocycles. The van der Waals surface area contributed by atoms with E-state index in [-0.39, 0.29) is 12.0 Å².